The second-order valence-corrected chi connectivity index (χ2v) is 11.2. The van der Waals surface area contributed by atoms with E-state index in [9.17, 15) is 19.2 Å². The monoisotopic (exact) mass is 571 g/mol. The van der Waals surface area contributed by atoms with Crippen molar-refractivity contribution in [1.82, 2.24) is 20.4 Å². The van der Waals surface area contributed by atoms with Gasteiger partial charge in [0.05, 0.1) is 12.3 Å². The van der Waals surface area contributed by atoms with Crippen molar-refractivity contribution in [3.05, 3.63) is 58.1 Å². The first-order valence-corrected chi connectivity index (χ1v) is 13.3. The molecule has 12 heteroatoms. The number of amides is 5. The molecule has 2 aliphatic heterocycles. The minimum Gasteiger partial charge on any atom is -0.490 e. The molecular formula is C28H34ClN5O6. The van der Waals surface area contributed by atoms with Gasteiger partial charge in [-0.15, -0.1) is 0 Å². The number of carbonyl (C=O) groups is 4. The molecule has 0 spiro atoms. The molecule has 1 saturated heterocycles. The molecule has 1 fully saturated rings. The van der Waals surface area contributed by atoms with Gasteiger partial charge in [-0.2, -0.15) is 0 Å². The van der Waals surface area contributed by atoms with E-state index in [0.717, 1.165) is 11.1 Å². The van der Waals surface area contributed by atoms with Crippen LogP contribution in [0.4, 0.5) is 10.5 Å². The van der Waals surface area contributed by atoms with Gasteiger partial charge in [0.2, 0.25) is 11.8 Å². The predicted molar refractivity (Wildman–Crippen MR) is 149 cm³/mol. The third-order valence-electron chi connectivity index (χ3n) is 6.47. The van der Waals surface area contributed by atoms with E-state index in [1.165, 1.54) is 4.90 Å². The molecule has 40 heavy (non-hydrogen) atoms. The molecule has 1 unspecified atom stereocenters. The van der Waals surface area contributed by atoms with Crippen molar-refractivity contribution in [1.29, 1.82) is 0 Å². The highest BCUT2D eigenvalue weighted by atomic mass is 35.5. The summed E-state index contributed by atoms with van der Waals surface area (Å²) in [6.07, 6.45) is 0.501. The zero-order valence-corrected chi connectivity index (χ0v) is 23.8. The van der Waals surface area contributed by atoms with Crippen LogP contribution in [0.25, 0.3) is 0 Å². The van der Waals surface area contributed by atoms with Gasteiger partial charge < -0.3 is 25.0 Å². The lowest BCUT2D eigenvalue weighted by Gasteiger charge is -2.29. The van der Waals surface area contributed by atoms with Crippen LogP contribution in [0.2, 0.25) is 5.02 Å². The highest BCUT2D eigenvalue weighted by molar-refractivity contribution is 6.31. The van der Waals surface area contributed by atoms with E-state index in [1.807, 2.05) is 38.9 Å². The number of carbonyl (C=O) groups excluding carboxylic acids is 4. The maximum absolute atomic E-state index is 12.9. The second kappa shape index (κ2) is 12.2. The van der Waals surface area contributed by atoms with Crippen molar-refractivity contribution in [3.8, 4) is 5.75 Å². The molecule has 214 valence electrons. The maximum atomic E-state index is 12.9. The summed E-state index contributed by atoms with van der Waals surface area (Å²) in [5.41, 5.74) is 2.01. The number of imide groups is 1. The van der Waals surface area contributed by atoms with Crippen molar-refractivity contribution in [3.63, 3.8) is 0 Å². The fraction of sp³-hybridized carbons (Fsp3) is 0.429. The number of benzene rings is 2. The van der Waals surface area contributed by atoms with Gasteiger partial charge in [-0.25, -0.2) is 4.79 Å². The third kappa shape index (κ3) is 7.50. The van der Waals surface area contributed by atoms with Crippen LogP contribution in [-0.2, 0) is 27.4 Å². The normalized spacial score (nSPS) is 17.1. The summed E-state index contributed by atoms with van der Waals surface area (Å²) in [6.45, 7) is 5.08. The molecule has 0 aromatic heterocycles. The highest BCUT2D eigenvalue weighted by Crippen LogP contribution is 2.29. The summed E-state index contributed by atoms with van der Waals surface area (Å²) in [7, 11) is 3.83. The van der Waals surface area contributed by atoms with Gasteiger partial charge in [0, 0.05) is 41.9 Å². The average Bonchev–Trinajstić information content (AvgIpc) is 3.20. The van der Waals surface area contributed by atoms with Gasteiger partial charge in [-0.1, -0.05) is 23.7 Å². The van der Waals surface area contributed by atoms with E-state index >= 15 is 0 Å². The molecule has 11 nitrogen and oxygen atoms in total. The average molecular weight is 572 g/mol. The van der Waals surface area contributed by atoms with E-state index in [2.05, 4.69) is 16.0 Å². The Morgan fingerprint density at radius 3 is 2.67 bits per heavy atom. The number of hydrogen-bond acceptors (Lipinski definition) is 7. The van der Waals surface area contributed by atoms with Gasteiger partial charge in [0.15, 0.2) is 0 Å². The van der Waals surface area contributed by atoms with Gasteiger partial charge in [0.25, 0.3) is 5.91 Å². The Labute approximate surface area is 238 Å². The Hall–Kier alpha value is -3.67. The minimum absolute atomic E-state index is 0.199. The second-order valence-electron chi connectivity index (χ2n) is 10.8. The Bertz CT molecular complexity index is 1310. The fourth-order valence-electron chi connectivity index (χ4n) is 4.42. The SMILES string of the molecule is CN(C)COC(C)(C)COc1cc(Cl)cc(NC(=O)NCc2ccc3c(c2)CN(C2CCC(=O)NC2=O)C3=O)c1. The van der Waals surface area contributed by atoms with E-state index in [4.69, 9.17) is 21.1 Å². The Kier molecular flexibility index (Phi) is 8.97. The summed E-state index contributed by atoms with van der Waals surface area (Å²) in [5.74, 6) is -0.527. The molecule has 2 heterocycles. The van der Waals surface area contributed by atoms with Gasteiger partial charge in [-0.3, -0.25) is 24.6 Å². The van der Waals surface area contributed by atoms with Gasteiger partial charge in [0.1, 0.15) is 18.4 Å². The summed E-state index contributed by atoms with van der Waals surface area (Å²) < 4.78 is 11.7. The smallest absolute Gasteiger partial charge is 0.319 e. The van der Waals surface area contributed by atoms with Crippen LogP contribution < -0.4 is 20.7 Å². The van der Waals surface area contributed by atoms with Crippen LogP contribution in [0, 0.1) is 0 Å². The topological polar surface area (TPSA) is 129 Å². The number of piperidine rings is 1. The van der Waals surface area contributed by atoms with Crippen molar-refractivity contribution in [2.45, 2.75) is 51.4 Å². The molecule has 0 aliphatic carbocycles. The Morgan fingerprint density at radius 1 is 1.18 bits per heavy atom. The predicted octanol–water partition coefficient (Wildman–Crippen LogP) is 3.12. The molecular weight excluding hydrogens is 538 g/mol. The number of fused-ring (bicyclic) bond motifs is 1. The largest absolute Gasteiger partial charge is 0.490 e. The zero-order chi connectivity index (χ0) is 29.0. The molecule has 1 atom stereocenters. The lowest BCUT2D eigenvalue weighted by molar-refractivity contribution is -0.136. The lowest BCUT2D eigenvalue weighted by Crippen LogP contribution is -2.52. The molecule has 0 radical (unpaired) electrons. The molecule has 2 aromatic rings. The first-order chi connectivity index (χ1) is 18.9. The van der Waals surface area contributed by atoms with Crippen LogP contribution >= 0.6 is 11.6 Å². The Balaban J connectivity index is 1.31. The molecule has 4 rings (SSSR count). The van der Waals surface area contributed by atoms with Gasteiger partial charge in [-0.05, 0) is 63.7 Å². The van der Waals surface area contributed by atoms with Crippen molar-refractivity contribution >= 4 is 41.0 Å². The fourth-order valence-corrected chi connectivity index (χ4v) is 4.64. The highest BCUT2D eigenvalue weighted by Gasteiger charge is 2.39. The van der Waals surface area contributed by atoms with Crippen LogP contribution in [0.3, 0.4) is 0 Å². The summed E-state index contributed by atoms with van der Waals surface area (Å²) in [6, 6.07) is 9.14. The number of anilines is 1. The van der Waals surface area contributed by atoms with Crippen molar-refractivity contribution < 1.29 is 28.7 Å². The van der Waals surface area contributed by atoms with E-state index in [0.29, 0.717) is 35.2 Å². The quantitative estimate of drug-likeness (QED) is 0.295. The number of hydrogen-bond donors (Lipinski definition) is 3. The van der Waals surface area contributed by atoms with Crippen LogP contribution in [0.5, 0.6) is 5.75 Å². The third-order valence-corrected chi connectivity index (χ3v) is 6.69. The van der Waals surface area contributed by atoms with Crippen LogP contribution in [0.15, 0.2) is 36.4 Å². The standard InChI is InChI=1S/C28H34ClN5O6/c1-28(2,40-16-33(3)4)15-39-21-11-19(29)10-20(12-21)31-27(38)30-13-17-5-6-22-18(9-17)14-34(26(22)37)23-7-8-24(35)32-25(23)36/h5-6,9-12,23H,7-8,13-16H2,1-4H3,(H2,30,31,38)(H,32,35,36). The first-order valence-electron chi connectivity index (χ1n) is 12.9. The maximum Gasteiger partial charge on any atom is 0.319 e. The summed E-state index contributed by atoms with van der Waals surface area (Å²) in [4.78, 5) is 52.6. The molecule has 5 amide bonds. The van der Waals surface area contributed by atoms with E-state index < -0.39 is 23.6 Å². The van der Waals surface area contributed by atoms with E-state index in [-0.39, 0.29) is 37.9 Å². The first kappa shape index (κ1) is 29.3. The number of nitrogens with zero attached hydrogens (tertiary/aromatic N) is 2. The number of urea groups is 1. The summed E-state index contributed by atoms with van der Waals surface area (Å²) in [5, 5.41) is 8.27. The molecule has 0 bridgehead atoms. The number of rotatable bonds is 10. The Morgan fingerprint density at radius 2 is 1.95 bits per heavy atom. The number of ether oxygens (including phenoxy) is 2. The van der Waals surface area contributed by atoms with Gasteiger partial charge >= 0.3 is 6.03 Å². The zero-order valence-electron chi connectivity index (χ0n) is 23.0. The number of halogens is 1. The minimum atomic E-state index is -0.673. The summed E-state index contributed by atoms with van der Waals surface area (Å²) >= 11 is 6.25. The van der Waals surface area contributed by atoms with Crippen molar-refractivity contribution in [2.75, 3.05) is 32.7 Å². The molecule has 2 aromatic carbocycles. The van der Waals surface area contributed by atoms with E-state index in [1.54, 1.807) is 30.3 Å². The molecule has 3 N–H and O–H groups in total. The molecule has 2 aliphatic rings. The van der Waals surface area contributed by atoms with Crippen LogP contribution in [0.1, 0.15) is 48.2 Å². The lowest BCUT2D eigenvalue weighted by atomic mass is 10.0. The molecule has 0 saturated carbocycles. The van der Waals surface area contributed by atoms with Crippen molar-refractivity contribution in [2.24, 2.45) is 0 Å². The number of nitrogens with one attached hydrogen (secondary N) is 3. The van der Waals surface area contributed by atoms with Crippen LogP contribution in [-0.4, -0.2) is 72.6 Å².